The molecule has 0 bridgehead atoms. The minimum absolute atomic E-state index is 0.0123. The number of halogens is 1. The smallest absolute Gasteiger partial charge is 0.246 e. The molecule has 4 nitrogen and oxygen atoms in total. The molecule has 114 valence electrons. The maximum Gasteiger partial charge on any atom is 0.246 e. The number of hydrogen-bond acceptors (Lipinski definition) is 2. The Balaban J connectivity index is 2.20. The molecule has 1 heterocycles. The number of piperazine rings is 1. The molecule has 0 spiro atoms. The van der Waals surface area contributed by atoms with Crippen molar-refractivity contribution in [3.8, 4) is 0 Å². The summed E-state index contributed by atoms with van der Waals surface area (Å²) in [6, 6.07) is 6.61. The Kier molecular flexibility index (Phi) is 5.23. The molecule has 0 saturated carbocycles. The Hall–Kier alpha value is -1.55. The van der Waals surface area contributed by atoms with Crippen molar-refractivity contribution in [3.63, 3.8) is 0 Å². The Labute approximate surface area is 130 Å². The molecular weight excluding hydrogens is 288 g/mol. The van der Waals surface area contributed by atoms with Crippen LogP contribution in [0, 0.1) is 0 Å². The maximum atomic E-state index is 12.6. The van der Waals surface area contributed by atoms with Gasteiger partial charge in [0.2, 0.25) is 11.8 Å². The lowest BCUT2D eigenvalue weighted by molar-refractivity contribution is -0.150. The van der Waals surface area contributed by atoms with E-state index in [1.807, 2.05) is 26.0 Å². The van der Waals surface area contributed by atoms with Crippen molar-refractivity contribution in [3.05, 3.63) is 34.9 Å². The van der Waals surface area contributed by atoms with Crippen LogP contribution in [0.25, 0.3) is 0 Å². The van der Waals surface area contributed by atoms with Crippen LogP contribution in [0.15, 0.2) is 24.3 Å². The van der Waals surface area contributed by atoms with E-state index in [0.717, 1.165) is 12.0 Å². The van der Waals surface area contributed by atoms with E-state index < -0.39 is 6.04 Å². The molecule has 2 amide bonds. The lowest BCUT2D eigenvalue weighted by Crippen LogP contribution is -2.62. The van der Waals surface area contributed by atoms with Crippen molar-refractivity contribution in [2.45, 2.75) is 51.7 Å². The van der Waals surface area contributed by atoms with E-state index in [9.17, 15) is 9.59 Å². The van der Waals surface area contributed by atoms with Crippen LogP contribution in [-0.4, -0.2) is 28.8 Å². The van der Waals surface area contributed by atoms with E-state index in [1.54, 1.807) is 17.0 Å². The van der Waals surface area contributed by atoms with Gasteiger partial charge < -0.3 is 10.2 Å². The van der Waals surface area contributed by atoms with Gasteiger partial charge in [0.15, 0.2) is 0 Å². The molecule has 1 aliphatic rings. The molecule has 1 aromatic carbocycles. The second-order valence-corrected chi connectivity index (χ2v) is 5.80. The van der Waals surface area contributed by atoms with Crippen LogP contribution in [0.1, 0.15) is 38.7 Å². The van der Waals surface area contributed by atoms with Gasteiger partial charge in [0.05, 0.1) is 0 Å². The fourth-order valence-electron chi connectivity index (χ4n) is 2.69. The molecule has 2 unspecified atom stereocenters. The first-order chi connectivity index (χ1) is 10.1. The van der Waals surface area contributed by atoms with Crippen LogP contribution in [0.2, 0.25) is 5.02 Å². The van der Waals surface area contributed by atoms with Gasteiger partial charge in [-0.3, -0.25) is 9.59 Å². The van der Waals surface area contributed by atoms with Crippen molar-refractivity contribution in [1.29, 1.82) is 0 Å². The molecule has 1 N–H and O–H groups in total. The zero-order valence-electron chi connectivity index (χ0n) is 12.4. The van der Waals surface area contributed by atoms with Gasteiger partial charge in [0.25, 0.3) is 0 Å². The van der Waals surface area contributed by atoms with E-state index in [2.05, 4.69) is 5.32 Å². The monoisotopic (exact) mass is 308 g/mol. The summed E-state index contributed by atoms with van der Waals surface area (Å²) in [6.07, 6.45) is 2.16. The number of nitrogens with zero attached hydrogens (tertiary/aromatic N) is 1. The molecule has 1 aromatic rings. The number of benzene rings is 1. The van der Waals surface area contributed by atoms with Crippen LogP contribution >= 0.6 is 11.6 Å². The Morgan fingerprint density at radius 1 is 1.19 bits per heavy atom. The summed E-state index contributed by atoms with van der Waals surface area (Å²) in [5, 5.41) is 3.51. The first kappa shape index (κ1) is 15.8. The van der Waals surface area contributed by atoms with Crippen LogP contribution < -0.4 is 5.32 Å². The summed E-state index contributed by atoms with van der Waals surface area (Å²) in [4.78, 5) is 26.5. The number of rotatable bonds is 5. The fourth-order valence-corrected chi connectivity index (χ4v) is 2.82. The summed E-state index contributed by atoms with van der Waals surface area (Å²) in [5.74, 6) is -0.0391. The van der Waals surface area contributed by atoms with Gasteiger partial charge in [0, 0.05) is 11.6 Å². The Morgan fingerprint density at radius 3 is 2.43 bits per heavy atom. The number of carbonyl (C=O) groups is 2. The molecule has 1 aliphatic heterocycles. The molecule has 2 atom stereocenters. The van der Waals surface area contributed by atoms with E-state index in [0.29, 0.717) is 24.4 Å². The highest BCUT2D eigenvalue weighted by molar-refractivity contribution is 6.30. The van der Waals surface area contributed by atoms with Crippen LogP contribution in [-0.2, 0) is 16.1 Å². The first-order valence-corrected chi connectivity index (χ1v) is 7.79. The first-order valence-electron chi connectivity index (χ1n) is 7.42. The lowest BCUT2D eigenvalue weighted by atomic mass is 10.0. The molecule has 1 saturated heterocycles. The molecule has 2 rings (SSSR count). The number of nitrogens with one attached hydrogen (secondary N) is 1. The topological polar surface area (TPSA) is 49.4 Å². The van der Waals surface area contributed by atoms with Crippen molar-refractivity contribution in [2.75, 3.05) is 0 Å². The van der Waals surface area contributed by atoms with E-state index in [4.69, 9.17) is 11.6 Å². The minimum Gasteiger partial charge on any atom is -0.343 e. The molecule has 0 aromatic heterocycles. The van der Waals surface area contributed by atoms with Crippen LogP contribution in [0.5, 0.6) is 0 Å². The number of hydrogen-bond donors (Lipinski definition) is 1. The van der Waals surface area contributed by atoms with E-state index >= 15 is 0 Å². The number of carbonyl (C=O) groups excluding carboxylic acids is 2. The summed E-state index contributed by atoms with van der Waals surface area (Å²) in [7, 11) is 0. The Bertz CT molecular complexity index is 516. The highest BCUT2D eigenvalue weighted by Gasteiger charge is 2.38. The minimum atomic E-state index is -0.391. The van der Waals surface area contributed by atoms with E-state index in [1.165, 1.54) is 0 Å². The highest BCUT2D eigenvalue weighted by Crippen LogP contribution is 2.20. The van der Waals surface area contributed by atoms with Crippen molar-refractivity contribution in [1.82, 2.24) is 10.2 Å². The third-order valence-electron chi connectivity index (χ3n) is 3.81. The van der Waals surface area contributed by atoms with Gasteiger partial charge >= 0.3 is 0 Å². The molecular formula is C16H21ClN2O2. The maximum absolute atomic E-state index is 12.6. The zero-order valence-corrected chi connectivity index (χ0v) is 13.2. The standard InChI is InChI=1S/C16H21ClN2O2/c1-3-5-13-16(21)19(14(4-2)15(20)18-13)10-11-6-8-12(17)9-7-11/h6-9,13-14H,3-5,10H2,1-2H3,(H,18,20). The van der Waals surface area contributed by atoms with Crippen molar-refractivity contribution >= 4 is 23.4 Å². The predicted molar refractivity (Wildman–Crippen MR) is 82.9 cm³/mol. The van der Waals surface area contributed by atoms with E-state index in [-0.39, 0.29) is 17.9 Å². The fraction of sp³-hybridized carbons (Fsp3) is 0.500. The highest BCUT2D eigenvalue weighted by atomic mass is 35.5. The van der Waals surface area contributed by atoms with Gasteiger partial charge in [-0.1, -0.05) is 44.0 Å². The Morgan fingerprint density at radius 2 is 1.86 bits per heavy atom. The normalized spacial score (nSPS) is 22.3. The summed E-state index contributed by atoms with van der Waals surface area (Å²) in [5.41, 5.74) is 0.983. The second kappa shape index (κ2) is 6.94. The number of amides is 2. The summed E-state index contributed by atoms with van der Waals surface area (Å²) < 4.78 is 0. The SMILES string of the molecule is CCCC1NC(=O)C(CC)N(Cc2ccc(Cl)cc2)C1=O. The lowest BCUT2D eigenvalue weighted by Gasteiger charge is -2.38. The second-order valence-electron chi connectivity index (χ2n) is 5.37. The summed E-state index contributed by atoms with van der Waals surface area (Å²) >= 11 is 5.88. The van der Waals surface area contributed by atoms with Gasteiger partial charge in [-0.25, -0.2) is 0 Å². The summed E-state index contributed by atoms with van der Waals surface area (Å²) in [6.45, 7) is 4.38. The predicted octanol–water partition coefficient (Wildman–Crippen LogP) is 2.75. The largest absolute Gasteiger partial charge is 0.343 e. The van der Waals surface area contributed by atoms with Crippen LogP contribution in [0.4, 0.5) is 0 Å². The third kappa shape index (κ3) is 3.56. The van der Waals surface area contributed by atoms with Gasteiger partial charge in [-0.15, -0.1) is 0 Å². The average molecular weight is 309 g/mol. The van der Waals surface area contributed by atoms with Crippen molar-refractivity contribution < 1.29 is 9.59 Å². The van der Waals surface area contributed by atoms with Gasteiger partial charge in [-0.05, 0) is 30.5 Å². The average Bonchev–Trinajstić information content (AvgIpc) is 2.47. The molecule has 0 aliphatic carbocycles. The quantitative estimate of drug-likeness (QED) is 0.909. The third-order valence-corrected chi connectivity index (χ3v) is 4.06. The van der Waals surface area contributed by atoms with Crippen molar-refractivity contribution in [2.24, 2.45) is 0 Å². The van der Waals surface area contributed by atoms with Crippen LogP contribution in [0.3, 0.4) is 0 Å². The molecule has 21 heavy (non-hydrogen) atoms. The molecule has 5 heteroatoms. The zero-order chi connectivity index (χ0) is 15.4. The van der Waals surface area contributed by atoms with Gasteiger partial charge in [-0.2, -0.15) is 0 Å². The van der Waals surface area contributed by atoms with Gasteiger partial charge in [0.1, 0.15) is 12.1 Å². The molecule has 0 radical (unpaired) electrons. The molecule has 1 fully saturated rings.